The summed E-state index contributed by atoms with van der Waals surface area (Å²) in [7, 11) is 0. The van der Waals surface area contributed by atoms with Gasteiger partial charge in [0.05, 0.1) is 0 Å². The Hall–Kier alpha value is -8.20. The molecule has 292 valence electrons. The van der Waals surface area contributed by atoms with E-state index in [2.05, 4.69) is 241 Å². The van der Waals surface area contributed by atoms with E-state index in [1.54, 1.807) is 0 Å². The fourth-order valence-corrected chi connectivity index (χ4v) is 8.79. The molecular weight excluding hydrogens is 751 g/mol. The molecule has 2 nitrogen and oxygen atoms in total. The molecule has 0 N–H and O–H groups in total. The van der Waals surface area contributed by atoms with Gasteiger partial charge in [0.2, 0.25) is 0 Å². The van der Waals surface area contributed by atoms with Gasteiger partial charge in [-0.15, -0.1) is 0 Å². The molecule has 0 saturated carbocycles. The predicted molar refractivity (Wildman–Crippen MR) is 261 cm³/mol. The van der Waals surface area contributed by atoms with Crippen molar-refractivity contribution in [2.75, 3.05) is 4.90 Å². The fraction of sp³-hybridized carbons (Fsp3) is 0. The van der Waals surface area contributed by atoms with Gasteiger partial charge in [-0.05, 0) is 109 Å². The summed E-state index contributed by atoms with van der Waals surface area (Å²) in [6, 6.07) is 88.8. The van der Waals surface area contributed by atoms with Crippen molar-refractivity contribution in [3.8, 4) is 67.0 Å². The van der Waals surface area contributed by atoms with E-state index < -0.39 is 0 Å². The number of benzene rings is 10. The van der Waals surface area contributed by atoms with Crippen LogP contribution in [-0.4, -0.2) is 0 Å². The van der Waals surface area contributed by atoms with Gasteiger partial charge >= 0.3 is 0 Å². The molecule has 11 rings (SSSR count). The lowest BCUT2D eigenvalue weighted by Gasteiger charge is -2.26. The second-order valence-corrected chi connectivity index (χ2v) is 15.7. The van der Waals surface area contributed by atoms with Gasteiger partial charge in [-0.1, -0.05) is 200 Å². The Morgan fingerprint density at radius 3 is 1.32 bits per heavy atom. The molecule has 0 aliphatic heterocycles. The van der Waals surface area contributed by atoms with Crippen molar-refractivity contribution in [1.29, 1.82) is 0 Å². The fourth-order valence-electron chi connectivity index (χ4n) is 8.79. The van der Waals surface area contributed by atoms with Gasteiger partial charge in [-0.3, -0.25) is 0 Å². The SMILES string of the molecule is c1ccc(-c2ccc(-c3ccc(N(c4ccc(-c5cccc(-c6oc7ccccc7c6-c6ccccc6)c5)cc4)c4ccc(-c5cccc6ccccc56)cc4)cc3)cc2)cc1. The topological polar surface area (TPSA) is 16.4 Å². The average molecular weight is 792 g/mol. The van der Waals surface area contributed by atoms with Crippen LogP contribution in [0.1, 0.15) is 0 Å². The molecule has 0 radical (unpaired) electrons. The zero-order chi connectivity index (χ0) is 41.2. The highest BCUT2D eigenvalue weighted by molar-refractivity contribution is 6.02. The second-order valence-electron chi connectivity index (χ2n) is 15.7. The number of hydrogen-bond donors (Lipinski definition) is 0. The lowest BCUT2D eigenvalue weighted by Crippen LogP contribution is -2.09. The molecular formula is C60H41NO. The van der Waals surface area contributed by atoms with Gasteiger partial charge in [-0.25, -0.2) is 0 Å². The number of fused-ring (bicyclic) bond motifs is 2. The molecule has 0 saturated heterocycles. The highest BCUT2D eigenvalue weighted by Gasteiger charge is 2.19. The normalized spacial score (nSPS) is 11.2. The van der Waals surface area contributed by atoms with Crippen molar-refractivity contribution in [1.82, 2.24) is 0 Å². The summed E-state index contributed by atoms with van der Waals surface area (Å²) >= 11 is 0. The summed E-state index contributed by atoms with van der Waals surface area (Å²) in [5.41, 5.74) is 16.9. The Kier molecular flexibility index (Phi) is 9.57. The Balaban J connectivity index is 0.946. The standard InChI is InChI=1S/C60H41NO/c1-3-13-42(14-4-1)43-25-27-44(28-26-43)45-29-35-52(36-30-45)61(54-39-33-48(34-40-54)56-23-12-18-47-15-7-8-21-55(47)56)53-37-31-46(32-38-53)50-19-11-20-51(41-50)60-59(49-16-5-2-6-17-49)57-22-9-10-24-58(57)62-60/h1-41H. The van der Waals surface area contributed by atoms with Crippen LogP contribution < -0.4 is 4.90 Å². The molecule has 0 spiro atoms. The smallest absolute Gasteiger partial charge is 0.143 e. The third-order valence-electron chi connectivity index (χ3n) is 11.9. The molecule has 0 aliphatic carbocycles. The minimum atomic E-state index is 0.879. The highest BCUT2D eigenvalue weighted by Crippen LogP contribution is 2.43. The number of furan rings is 1. The van der Waals surface area contributed by atoms with Gasteiger partial charge in [0, 0.05) is 33.6 Å². The van der Waals surface area contributed by atoms with Crippen LogP contribution in [0.25, 0.3) is 88.7 Å². The van der Waals surface area contributed by atoms with Crippen LogP contribution in [-0.2, 0) is 0 Å². The quantitative estimate of drug-likeness (QED) is 0.145. The van der Waals surface area contributed by atoms with Crippen molar-refractivity contribution in [2.24, 2.45) is 0 Å². The number of nitrogens with zero attached hydrogens (tertiary/aromatic N) is 1. The van der Waals surface area contributed by atoms with Crippen LogP contribution in [0.3, 0.4) is 0 Å². The molecule has 1 heterocycles. The maximum absolute atomic E-state index is 6.59. The summed E-state index contributed by atoms with van der Waals surface area (Å²) in [5.74, 6) is 0.879. The van der Waals surface area contributed by atoms with Crippen molar-refractivity contribution >= 4 is 38.8 Å². The Bertz CT molecular complexity index is 3290. The number of para-hydroxylation sites is 1. The van der Waals surface area contributed by atoms with E-state index in [0.717, 1.165) is 61.6 Å². The van der Waals surface area contributed by atoms with Gasteiger partial charge < -0.3 is 9.32 Å². The summed E-state index contributed by atoms with van der Waals surface area (Å²) in [6.07, 6.45) is 0. The van der Waals surface area contributed by atoms with Gasteiger partial charge in [0.25, 0.3) is 0 Å². The van der Waals surface area contributed by atoms with Crippen molar-refractivity contribution in [3.05, 3.63) is 249 Å². The van der Waals surface area contributed by atoms with Crippen molar-refractivity contribution in [3.63, 3.8) is 0 Å². The molecule has 0 unspecified atom stereocenters. The minimum absolute atomic E-state index is 0.879. The monoisotopic (exact) mass is 791 g/mol. The second kappa shape index (κ2) is 16.1. The van der Waals surface area contributed by atoms with Crippen molar-refractivity contribution < 1.29 is 4.42 Å². The molecule has 11 aromatic rings. The van der Waals surface area contributed by atoms with Gasteiger partial charge in [0.15, 0.2) is 0 Å². The highest BCUT2D eigenvalue weighted by atomic mass is 16.3. The first-order valence-corrected chi connectivity index (χ1v) is 21.2. The predicted octanol–water partition coefficient (Wildman–Crippen LogP) is 17.1. The molecule has 1 aromatic heterocycles. The molecule has 0 atom stereocenters. The minimum Gasteiger partial charge on any atom is -0.455 e. The van der Waals surface area contributed by atoms with E-state index in [-0.39, 0.29) is 0 Å². The van der Waals surface area contributed by atoms with Gasteiger partial charge in [0.1, 0.15) is 11.3 Å². The first-order chi connectivity index (χ1) is 30.7. The first-order valence-electron chi connectivity index (χ1n) is 21.2. The molecule has 0 aliphatic rings. The van der Waals surface area contributed by atoms with Crippen LogP contribution in [0.4, 0.5) is 17.1 Å². The largest absolute Gasteiger partial charge is 0.455 e. The summed E-state index contributed by atoms with van der Waals surface area (Å²) in [4.78, 5) is 2.34. The van der Waals surface area contributed by atoms with E-state index in [4.69, 9.17) is 4.42 Å². The molecule has 2 heteroatoms. The zero-order valence-electron chi connectivity index (χ0n) is 34.0. The van der Waals surface area contributed by atoms with Gasteiger partial charge in [-0.2, -0.15) is 0 Å². The van der Waals surface area contributed by atoms with Crippen LogP contribution in [0.15, 0.2) is 253 Å². The van der Waals surface area contributed by atoms with E-state index in [9.17, 15) is 0 Å². The van der Waals surface area contributed by atoms with Crippen LogP contribution in [0, 0.1) is 0 Å². The molecule has 62 heavy (non-hydrogen) atoms. The summed E-state index contributed by atoms with van der Waals surface area (Å²) < 4.78 is 6.59. The number of hydrogen-bond acceptors (Lipinski definition) is 2. The Morgan fingerprint density at radius 1 is 0.274 bits per heavy atom. The van der Waals surface area contributed by atoms with E-state index in [1.807, 2.05) is 12.1 Å². The molecule has 0 fully saturated rings. The lowest BCUT2D eigenvalue weighted by atomic mass is 9.96. The molecule has 0 amide bonds. The maximum Gasteiger partial charge on any atom is 0.143 e. The summed E-state index contributed by atoms with van der Waals surface area (Å²) in [5, 5.41) is 3.61. The Morgan fingerprint density at radius 2 is 0.694 bits per heavy atom. The summed E-state index contributed by atoms with van der Waals surface area (Å²) in [6.45, 7) is 0. The lowest BCUT2D eigenvalue weighted by molar-refractivity contribution is 0.632. The van der Waals surface area contributed by atoms with Crippen molar-refractivity contribution in [2.45, 2.75) is 0 Å². The molecule has 10 aromatic carbocycles. The van der Waals surface area contributed by atoms with E-state index in [0.29, 0.717) is 0 Å². The van der Waals surface area contributed by atoms with Crippen LogP contribution in [0.2, 0.25) is 0 Å². The Labute approximate surface area is 362 Å². The van der Waals surface area contributed by atoms with E-state index in [1.165, 1.54) is 44.2 Å². The van der Waals surface area contributed by atoms with Crippen LogP contribution in [0.5, 0.6) is 0 Å². The number of rotatable bonds is 9. The van der Waals surface area contributed by atoms with Crippen LogP contribution >= 0.6 is 0 Å². The zero-order valence-corrected chi connectivity index (χ0v) is 34.0. The number of anilines is 3. The third-order valence-corrected chi connectivity index (χ3v) is 11.9. The third kappa shape index (κ3) is 7.04. The first kappa shape index (κ1) is 36.8. The van der Waals surface area contributed by atoms with E-state index >= 15 is 0 Å². The average Bonchev–Trinajstić information content (AvgIpc) is 3.75. The molecule has 0 bridgehead atoms. The maximum atomic E-state index is 6.59.